The lowest BCUT2D eigenvalue weighted by atomic mass is 10.2. The number of para-hydroxylation sites is 2. The zero-order valence-electron chi connectivity index (χ0n) is 24.7. The van der Waals surface area contributed by atoms with Crippen molar-refractivity contribution in [1.29, 1.82) is 0 Å². The average molecular weight is 760 g/mol. The first kappa shape index (κ1) is 36.6. The molecule has 48 heavy (non-hydrogen) atoms. The number of hydrogen-bond donors (Lipinski definition) is 0. The fourth-order valence-electron chi connectivity index (χ4n) is 4.38. The largest absolute Gasteiger partial charge is 0.379 e. The number of rotatable bonds is 9. The maximum Gasteiger partial charge on any atom is 0.340 e. The van der Waals surface area contributed by atoms with Crippen LogP contribution in [0.25, 0.3) is 0 Å². The molecule has 0 N–H and O–H groups in total. The molecule has 0 saturated carbocycles. The molecule has 4 aromatic carbocycles. The van der Waals surface area contributed by atoms with Crippen molar-refractivity contribution in [3.8, 4) is 11.5 Å². The minimum absolute atomic E-state index is 0.0613. The van der Waals surface area contributed by atoms with E-state index in [1.165, 1.54) is 36.4 Å². The molecule has 5 rings (SSSR count). The van der Waals surface area contributed by atoms with Crippen LogP contribution < -0.4 is 13.3 Å². The van der Waals surface area contributed by atoms with Crippen LogP contribution in [-0.4, -0.2) is 64.8 Å². The number of anilines is 1. The summed E-state index contributed by atoms with van der Waals surface area (Å²) in [5, 5.41) is 21.2. The summed E-state index contributed by atoms with van der Waals surface area (Å²) in [6.45, 7) is 2.65. The first-order valence-corrected chi connectivity index (χ1v) is 17.6. The molecule has 4 aromatic rings. The molecule has 1 aliphatic heterocycles. The molecule has 1 heterocycles. The third-order valence-corrected chi connectivity index (χ3v) is 10.6. The molecule has 254 valence electrons. The standard InChI is InChI=1S/C17H18ClN3O5S.C12H7Cl2NO5S/c1-19-9-11-20(12-10-19)14-7-8-15(16(18)17(14)21(22)23)27(24,25)26-13-5-3-2-4-6-13;13-9-6-7-10(11(14)12(9)15(16)17)21(18,19)20-8-4-2-1-3-5-8/h2-8H,9-12H2,1H3;1-7H. The van der Waals surface area contributed by atoms with Crippen LogP contribution in [0.4, 0.5) is 17.1 Å². The van der Waals surface area contributed by atoms with Gasteiger partial charge in [0.05, 0.1) is 9.85 Å². The van der Waals surface area contributed by atoms with Crippen molar-refractivity contribution >= 4 is 72.1 Å². The lowest BCUT2D eigenvalue weighted by molar-refractivity contribution is -0.384. The molecule has 0 aliphatic carbocycles. The van der Waals surface area contributed by atoms with Crippen LogP contribution >= 0.6 is 34.8 Å². The van der Waals surface area contributed by atoms with Gasteiger partial charge in [0.2, 0.25) is 0 Å². The lowest BCUT2D eigenvalue weighted by Crippen LogP contribution is -2.44. The molecular formula is C29H25Cl3N4O10S2. The number of nitro groups is 2. The fraction of sp³-hybridized carbons (Fsp3) is 0.172. The van der Waals surface area contributed by atoms with Crippen LogP contribution in [0, 0.1) is 20.2 Å². The van der Waals surface area contributed by atoms with Crippen LogP contribution in [-0.2, 0) is 20.2 Å². The van der Waals surface area contributed by atoms with Crippen molar-refractivity contribution in [2.24, 2.45) is 0 Å². The van der Waals surface area contributed by atoms with Crippen molar-refractivity contribution < 1.29 is 35.0 Å². The number of hydrogen-bond acceptors (Lipinski definition) is 12. The molecule has 19 heteroatoms. The Morgan fingerprint density at radius 3 is 1.48 bits per heavy atom. The highest BCUT2D eigenvalue weighted by molar-refractivity contribution is 7.87. The van der Waals surface area contributed by atoms with Gasteiger partial charge >= 0.3 is 31.6 Å². The maximum absolute atomic E-state index is 12.6. The van der Waals surface area contributed by atoms with Gasteiger partial charge in [-0.15, -0.1) is 0 Å². The number of halogens is 3. The van der Waals surface area contributed by atoms with Gasteiger partial charge in [-0.1, -0.05) is 71.2 Å². The van der Waals surface area contributed by atoms with Gasteiger partial charge in [-0.25, -0.2) is 0 Å². The number of likely N-dealkylation sites (N-methyl/N-ethyl adjacent to an activating group) is 1. The first-order chi connectivity index (χ1) is 22.6. The van der Waals surface area contributed by atoms with Crippen molar-refractivity contribution in [3.05, 3.63) is 120 Å². The zero-order chi connectivity index (χ0) is 35.2. The van der Waals surface area contributed by atoms with Gasteiger partial charge in [0, 0.05) is 26.2 Å². The summed E-state index contributed by atoms with van der Waals surface area (Å²) < 4.78 is 59.3. The van der Waals surface area contributed by atoms with Crippen molar-refractivity contribution in [3.63, 3.8) is 0 Å². The third kappa shape index (κ3) is 8.63. The lowest BCUT2D eigenvalue weighted by Gasteiger charge is -2.33. The predicted molar refractivity (Wildman–Crippen MR) is 179 cm³/mol. The molecule has 1 aliphatic rings. The summed E-state index contributed by atoms with van der Waals surface area (Å²) in [6, 6.07) is 20.4. The maximum atomic E-state index is 12.6. The van der Waals surface area contributed by atoms with Gasteiger partial charge in [0.1, 0.15) is 42.0 Å². The Bertz CT molecular complexity index is 2030. The number of nitrogens with zero attached hydrogens (tertiary/aromatic N) is 4. The summed E-state index contributed by atoms with van der Waals surface area (Å²) >= 11 is 17.6. The minimum atomic E-state index is -4.32. The van der Waals surface area contributed by atoms with E-state index in [9.17, 15) is 37.1 Å². The second-order valence-corrected chi connectivity index (χ2v) is 14.2. The quantitative estimate of drug-likeness (QED) is 0.104. The van der Waals surface area contributed by atoms with Gasteiger partial charge in [-0.2, -0.15) is 16.8 Å². The summed E-state index contributed by atoms with van der Waals surface area (Å²) in [6.07, 6.45) is 0. The van der Waals surface area contributed by atoms with E-state index >= 15 is 0 Å². The van der Waals surface area contributed by atoms with Crippen LogP contribution in [0.5, 0.6) is 11.5 Å². The molecule has 0 bridgehead atoms. The third-order valence-electron chi connectivity index (χ3n) is 6.74. The molecular weight excluding hydrogens is 735 g/mol. The second kappa shape index (κ2) is 15.4. The van der Waals surface area contributed by atoms with Crippen molar-refractivity contribution in [2.75, 3.05) is 38.1 Å². The molecule has 1 fully saturated rings. The Hall–Kier alpha value is -4.19. The summed E-state index contributed by atoms with van der Waals surface area (Å²) in [5.41, 5.74) is -0.813. The van der Waals surface area contributed by atoms with E-state index in [4.69, 9.17) is 43.2 Å². The Labute approximate surface area is 290 Å². The number of piperazine rings is 1. The van der Waals surface area contributed by atoms with E-state index in [-0.39, 0.29) is 16.5 Å². The van der Waals surface area contributed by atoms with E-state index in [1.54, 1.807) is 36.4 Å². The van der Waals surface area contributed by atoms with Gasteiger partial charge < -0.3 is 18.2 Å². The van der Waals surface area contributed by atoms with Crippen LogP contribution in [0.15, 0.2) is 94.7 Å². The summed E-state index contributed by atoms with van der Waals surface area (Å²) in [7, 11) is -6.66. The Kier molecular flexibility index (Phi) is 11.7. The minimum Gasteiger partial charge on any atom is -0.379 e. The normalized spacial score (nSPS) is 13.6. The number of nitro benzene ring substituents is 2. The van der Waals surface area contributed by atoms with E-state index in [2.05, 4.69) is 4.90 Å². The fourth-order valence-corrected chi connectivity index (χ4v) is 7.70. The molecule has 0 spiro atoms. The van der Waals surface area contributed by atoms with Gasteiger partial charge in [-0.05, 0) is 55.6 Å². The Morgan fingerprint density at radius 2 is 1.04 bits per heavy atom. The van der Waals surface area contributed by atoms with E-state index in [1.807, 2.05) is 11.9 Å². The van der Waals surface area contributed by atoms with E-state index in [0.29, 0.717) is 18.8 Å². The van der Waals surface area contributed by atoms with E-state index < -0.39 is 61.3 Å². The van der Waals surface area contributed by atoms with Crippen LogP contribution in [0.3, 0.4) is 0 Å². The van der Waals surface area contributed by atoms with Crippen molar-refractivity contribution in [2.45, 2.75) is 9.79 Å². The van der Waals surface area contributed by atoms with Crippen molar-refractivity contribution in [1.82, 2.24) is 4.90 Å². The van der Waals surface area contributed by atoms with E-state index in [0.717, 1.165) is 25.2 Å². The zero-order valence-corrected chi connectivity index (χ0v) is 28.6. The first-order valence-electron chi connectivity index (χ1n) is 13.6. The molecule has 1 saturated heterocycles. The predicted octanol–water partition coefficient (Wildman–Crippen LogP) is 6.44. The molecule has 0 unspecified atom stereocenters. The molecule has 0 atom stereocenters. The highest BCUT2D eigenvalue weighted by atomic mass is 35.5. The Morgan fingerprint density at radius 1 is 0.625 bits per heavy atom. The molecule has 0 aromatic heterocycles. The summed E-state index contributed by atoms with van der Waals surface area (Å²) in [4.78, 5) is 24.0. The van der Waals surface area contributed by atoms with Crippen LogP contribution in [0.1, 0.15) is 0 Å². The SMILES string of the molecule is CN1CCN(c2ccc(S(=O)(=O)Oc3ccccc3)c(Cl)c2[N+](=O)[O-])CC1.O=[N+]([O-])c1c(Cl)ccc(S(=O)(=O)Oc2ccccc2)c1Cl. The second-order valence-electron chi connectivity index (χ2n) is 9.96. The van der Waals surface area contributed by atoms with Crippen LogP contribution in [0.2, 0.25) is 15.1 Å². The van der Waals surface area contributed by atoms with Gasteiger partial charge in [0.25, 0.3) is 0 Å². The summed E-state index contributed by atoms with van der Waals surface area (Å²) in [5.74, 6) is 0.158. The molecule has 0 radical (unpaired) electrons. The molecule has 0 amide bonds. The van der Waals surface area contributed by atoms with Gasteiger partial charge in [-0.3, -0.25) is 20.2 Å². The topological polar surface area (TPSA) is 179 Å². The highest BCUT2D eigenvalue weighted by Crippen LogP contribution is 2.41. The smallest absolute Gasteiger partial charge is 0.340 e. The van der Waals surface area contributed by atoms with Gasteiger partial charge in [0.15, 0.2) is 0 Å². The average Bonchev–Trinajstić information content (AvgIpc) is 3.01. The Balaban J connectivity index is 0.000000224. The molecule has 14 nitrogen and oxygen atoms in total. The highest BCUT2D eigenvalue weighted by Gasteiger charge is 2.33. The monoisotopic (exact) mass is 758 g/mol. The number of benzene rings is 4.